The molecule has 0 bridgehead atoms. The number of nitrogens with zero attached hydrogens (tertiary/aromatic N) is 2. The maximum atomic E-state index is 12.4. The van der Waals surface area contributed by atoms with E-state index in [4.69, 9.17) is 21.1 Å². The van der Waals surface area contributed by atoms with Crippen molar-refractivity contribution in [2.45, 2.75) is 26.1 Å². The molecule has 1 aromatic heterocycles. The van der Waals surface area contributed by atoms with Crippen LogP contribution in [0.25, 0.3) is 16.9 Å². The summed E-state index contributed by atoms with van der Waals surface area (Å²) < 4.78 is 7.40. The van der Waals surface area contributed by atoms with Crippen molar-refractivity contribution in [2.24, 2.45) is 0 Å². The Morgan fingerprint density at radius 1 is 1.08 bits per heavy atom. The zero-order valence-corrected chi connectivity index (χ0v) is 16.8. The lowest BCUT2D eigenvalue weighted by Crippen LogP contribution is -2.30. The van der Waals surface area contributed by atoms with Crippen molar-refractivity contribution in [3.63, 3.8) is 0 Å². The highest BCUT2D eigenvalue weighted by molar-refractivity contribution is 6.71. The van der Waals surface area contributed by atoms with Crippen molar-refractivity contribution >= 4 is 25.9 Å². The molecule has 0 N–H and O–H groups in total. The first-order valence-corrected chi connectivity index (χ1v) is 12.2. The molecule has 0 aliphatic rings. The predicted molar refractivity (Wildman–Crippen MR) is 107 cm³/mol. The number of rotatable bonds is 5. The molecule has 26 heavy (non-hydrogen) atoms. The van der Waals surface area contributed by atoms with E-state index in [2.05, 4.69) is 0 Å². The van der Waals surface area contributed by atoms with Crippen LogP contribution in [-0.4, -0.2) is 24.1 Å². The molecule has 0 radical (unpaired) electrons. The zero-order valence-electron chi connectivity index (χ0n) is 15.1. The van der Waals surface area contributed by atoms with Gasteiger partial charge in [0.1, 0.15) is 0 Å². The lowest BCUT2D eigenvalue weighted by atomic mass is 10.1. The summed E-state index contributed by atoms with van der Waals surface area (Å²) in [7, 11) is -1.93. The summed E-state index contributed by atoms with van der Waals surface area (Å²) in [5.74, 6) is -0.216. The molecule has 4 nitrogen and oxygen atoms in total. The van der Waals surface area contributed by atoms with Crippen molar-refractivity contribution < 1.29 is 9.22 Å². The van der Waals surface area contributed by atoms with Gasteiger partial charge in [0.2, 0.25) is 8.32 Å². The number of hydrogen-bond acceptors (Lipinski definition) is 3. The molecular weight excluding hydrogens is 364 g/mol. The average molecular weight is 385 g/mol. The fraction of sp³-hybridized carbons (Fsp3) is 0.200. The SMILES string of the molecule is C[Si](C)(C)OC(=O)Cc1cn(-c2ccccc2)nc1-c1ccc(Cl)cc1. The van der Waals surface area contributed by atoms with E-state index in [0.29, 0.717) is 5.02 Å². The van der Waals surface area contributed by atoms with E-state index in [9.17, 15) is 4.79 Å². The summed E-state index contributed by atoms with van der Waals surface area (Å²) in [6.07, 6.45) is 2.08. The summed E-state index contributed by atoms with van der Waals surface area (Å²) in [5.41, 5.74) is 3.45. The third kappa shape index (κ3) is 4.62. The van der Waals surface area contributed by atoms with E-state index < -0.39 is 8.32 Å². The molecule has 0 spiro atoms. The number of halogens is 1. The Balaban J connectivity index is 1.99. The van der Waals surface area contributed by atoms with Crippen LogP contribution in [0.1, 0.15) is 5.56 Å². The number of benzene rings is 2. The molecule has 1 heterocycles. The van der Waals surface area contributed by atoms with Crippen LogP contribution in [0.2, 0.25) is 24.7 Å². The minimum atomic E-state index is -1.93. The van der Waals surface area contributed by atoms with Gasteiger partial charge in [-0.1, -0.05) is 41.9 Å². The quantitative estimate of drug-likeness (QED) is 0.574. The summed E-state index contributed by atoms with van der Waals surface area (Å²) in [6, 6.07) is 17.3. The Bertz CT molecular complexity index is 900. The molecule has 0 aliphatic heterocycles. The van der Waals surface area contributed by atoms with Gasteiger partial charge in [-0.2, -0.15) is 5.10 Å². The second-order valence-corrected chi connectivity index (χ2v) is 11.9. The second-order valence-electron chi connectivity index (χ2n) is 7.05. The molecule has 0 aliphatic carbocycles. The Hall–Kier alpha value is -2.37. The van der Waals surface area contributed by atoms with E-state index in [-0.39, 0.29) is 12.4 Å². The van der Waals surface area contributed by atoms with Crippen LogP contribution < -0.4 is 0 Å². The van der Waals surface area contributed by atoms with Crippen molar-refractivity contribution in [1.29, 1.82) is 0 Å². The number of para-hydroxylation sites is 1. The number of aromatic nitrogens is 2. The third-order valence-electron chi connectivity index (χ3n) is 3.68. The second kappa shape index (κ2) is 7.48. The average Bonchev–Trinajstić information content (AvgIpc) is 2.98. The highest BCUT2D eigenvalue weighted by Gasteiger charge is 2.22. The van der Waals surface area contributed by atoms with Crippen LogP contribution in [0.15, 0.2) is 60.8 Å². The fourth-order valence-corrected chi connectivity index (χ4v) is 3.52. The van der Waals surface area contributed by atoms with Gasteiger partial charge < -0.3 is 4.43 Å². The molecule has 0 amide bonds. The molecule has 0 saturated heterocycles. The van der Waals surface area contributed by atoms with Crippen LogP contribution in [0, 0.1) is 0 Å². The fourth-order valence-electron chi connectivity index (χ4n) is 2.64. The predicted octanol–water partition coefficient (Wildman–Crippen LogP) is 5.11. The molecule has 3 aromatic rings. The van der Waals surface area contributed by atoms with Gasteiger partial charge >= 0.3 is 0 Å². The van der Waals surface area contributed by atoms with E-state index >= 15 is 0 Å². The van der Waals surface area contributed by atoms with Crippen LogP contribution >= 0.6 is 11.6 Å². The monoisotopic (exact) mass is 384 g/mol. The van der Waals surface area contributed by atoms with Crippen LogP contribution in [0.4, 0.5) is 0 Å². The van der Waals surface area contributed by atoms with Gasteiger partial charge in [0.05, 0.1) is 17.8 Å². The smallest absolute Gasteiger partial charge is 0.297 e. The van der Waals surface area contributed by atoms with Crippen molar-refractivity contribution in [3.05, 3.63) is 71.4 Å². The molecule has 3 rings (SSSR count). The maximum absolute atomic E-state index is 12.4. The zero-order chi connectivity index (χ0) is 18.7. The molecule has 6 heteroatoms. The van der Waals surface area contributed by atoms with E-state index in [0.717, 1.165) is 22.5 Å². The molecule has 0 fully saturated rings. The lowest BCUT2D eigenvalue weighted by molar-refractivity contribution is -0.134. The van der Waals surface area contributed by atoms with E-state index in [1.165, 1.54) is 0 Å². The van der Waals surface area contributed by atoms with Crippen molar-refractivity contribution in [1.82, 2.24) is 9.78 Å². The normalized spacial score (nSPS) is 11.4. The molecule has 2 aromatic carbocycles. The van der Waals surface area contributed by atoms with Gasteiger partial charge in [0.25, 0.3) is 5.97 Å². The number of hydrogen-bond donors (Lipinski definition) is 0. The van der Waals surface area contributed by atoms with Gasteiger partial charge in [-0.05, 0) is 43.9 Å². The topological polar surface area (TPSA) is 44.1 Å². The van der Waals surface area contributed by atoms with Gasteiger partial charge in [-0.15, -0.1) is 0 Å². The summed E-state index contributed by atoms with van der Waals surface area (Å²) in [6.45, 7) is 6.00. The molecule has 0 saturated carbocycles. The minimum Gasteiger partial charge on any atom is -0.520 e. The van der Waals surface area contributed by atoms with Crippen molar-refractivity contribution in [3.8, 4) is 16.9 Å². The molecular formula is C20H21ClN2O2Si. The van der Waals surface area contributed by atoms with E-state index in [1.54, 1.807) is 4.68 Å². The van der Waals surface area contributed by atoms with Crippen LogP contribution in [0.5, 0.6) is 0 Å². The molecule has 0 unspecified atom stereocenters. The van der Waals surface area contributed by atoms with Gasteiger partial charge in [0.15, 0.2) is 0 Å². The highest BCUT2D eigenvalue weighted by Crippen LogP contribution is 2.26. The Morgan fingerprint density at radius 2 is 1.73 bits per heavy atom. The van der Waals surface area contributed by atoms with Gasteiger partial charge in [-0.3, -0.25) is 4.79 Å². The van der Waals surface area contributed by atoms with E-state index in [1.807, 2.05) is 80.4 Å². The standard InChI is InChI=1S/C20H21ClN2O2Si/c1-26(2,3)25-19(24)13-16-14-23(18-7-5-4-6-8-18)22-20(16)15-9-11-17(21)12-10-15/h4-12,14H,13H2,1-3H3. The van der Waals surface area contributed by atoms with Crippen LogP contribution in [0.3, 0.4) is 0 Å². The first-order valence-electron chi connectivity index (χ1n) is 8.43. The largest absolute Gasteiger partial charge is 0.520 e. The van der Waals surface area contributed by atoms with Crippen molar-refractivity contribution in [2.75, 3.05) is 0 Å². The van der Waals surface area contributed by atoms with Crippen LogP contribution in [-0.2, 0) is 15.6 Å². The minimum absolute atomic E-state index is 0.190. The highest BCUT2D eigenvalue weighted by atomic mass is 35.5. The third-order valence-corrected chi connectivity index (χ3v) is 4.78. The summed E-state index contributed by atoms with van der Waals surface area (Å²) in [5, 5.41) is 5.37. The Kier molecular flexibility index (Phi) is 5.30. The first kappa shape index (κ1) is 18.4. The van der Waals surface area contributed by atoms with Gasteiger partial charge in [-0.25, -0.2) is 4.68 Å². The maximum Gasteiger partial charge on any atom is 0.297 e. The summed E-state index contributed by atoms with van der Waals surface area (Å²) >= 11 is 6.00. The number of carbonyl (C=O) groups excluding carboxylic acids is 1. The lowest BCUT2D eigenvalue weighted by Gasteiger charge is -2.17. The molecule has 0 atom stereocenters. The Labute approximate surface area is 159 Å². The molecule has 134 valence electrons. The van der Waals surface area contributed by atoms with Gasteiger partial charge in [0, 0.05) is 22.3 Å². The Morgan fingerprint density at radius 3 is 2.35 bits per heavy atom. The summed E-state index contributed by atoms with van der Waals surface area (Å²) in [4.78, 5) is 12.4. The number of carbonyl (C=O) groups is 1. The first-order chi connectivity index (χ1) is 12.3.